The van der Waals surface area contributed by atoms with Gasteiger partial charge in [0.25, 0.3) is 0 Å². The van der Waals surface area contributed by atoms with E-state index in [2.05, 4.69) is 20.2 Å². The first-order chi connectivity index (χ1) is 9.93. The van der Waals surface area contributed by atoms with E-state index >= 15 is 0 Å². The Morgan fingerprint density at radius 3 is 2.90 bits per heavy atom. The van der Waals surface area contributed by atoms with Gasteiger partial charge in [-0.05, 0) is 38.6 Å². The molecule has 0 saturated carbocycles. The largest absolute Gasteiger partial charge is 0.379 e. The summed E-state index contributed by atoms with van der Waals surface area (Å²) in [6, 6.07) is 0. The van der Waals surface area contributed by atoms with E-state index in [0.29, 0.717) is 0 Å². The van der Waals surface area contributed by atoms with Crippen LogP contribution in [-0.2, 0) is 17.6 Å². The summed E-state index contributed by atoms with van der Waals surface area (Å²) in [6.45, 7) is 6.04. The van der Waals surface area contributed by atoms with Gasteiger partial charge in [-0.2, -0.15) is 0 Å². The van der Waals surface area contributed by atoms with Crippen molar-refractivity contribution in [2.75, 3.05) is 44.7 Å². The first-order valence-electron chi connectivity index (χ1n) is 7.80. The van der Waals surface area contributed by atoms with E-state index in [0.717, 1.165) is 64.5 Å². The molecule has 20 heavy (non-hydrogen) atoms. The van der Waals surface area contributed by atoms with Gasteiger partial charge in [0.2, 0.25) is 0 Å². The number of aromatic nitrogens is 2. The van der Waals surface area contributed by atoms with Gasteiger partial charge in [0.15, 0.2) is 0 Å². The van der Waals surface area contributed by atoms with Gasteiger partial charge in [-0.25, -0.2) is 9.97 Å². The molecule has 0 aromatic carbocycles. The number of hydrogen-bond donors (Lipinski definition) is 1. The molecular weight excluding hydrogens is 252 g/mol. The zero-order valence-corrected chi connectivity index (χ0v) is 12.1. The lowest BCUT2D eigenvalue weighted by atomic mass is 9.96. The Morgan fingerprint density at radius 2 is 2.00 bits per heavy atom. The normalized spacial score (nSPS) is 19.6. The van der Waals surface area contributed by atoms with Gasteiger partial charge in [0.1, 0.15) is 12.1 Å². The van der Waals surface area contributed by atoms with E-state index in [4.69, 9.17) is 4.74 Å². The average molecular weight is 276 g/mol. The fourth-order valence-corrected chi connectivity index (χ4v) is 3.01. The Hall–Kier alpha value is -1.20. The molecule has 1 fully saturated rings. The van der Waals surface area contributed by atoms with Crippen molar-refractivity contribution in [2.45, 2.75) is 32.1 Å². The summed E-state index contributed by atoms with van der Waals surface area (Å²) in [5, 5.41) is 3.50. The van der Waals surface area contributed by atoms with Crippen molar-refractivity contribution < 1.29 is 4.74 Å². The van der Waals surface area contributed by atoms with Crippen molar-refractivity contribution in [3.63, 3.8) is 0 Å². The van der Waals surface area contributed by atoms with E-state index in [1.807, 2.05) is 0 Å². The highest BCUT2D eigenvalue weighted by Crippen LogP contribution is 2.24. The second kappa shape index (κ2) is 6.99. The third-order valence-electron chi connectivity index (χ3n) is 4.17. The van der Waals surface area contributed by atoms with E-state index in [1.54, 1.807) is 6.33 Å². The quantitative estimate of drug-likeness (QED) is 0.826. The molecule has 0 amide bonds. The monoisotopic (exact) mass is 276 g/mol. The van der Waals surface area contributed by atoms with Crippen LogP contribution in [0.25, 0.3) is 0 Å². The number of fused-ring (bicyclic) bond motifs is 1. The minimum absolute atomic E-state index is 0.882. The Kier molecular flexibility index (Phi) is 4.82. The van der Waals surface area contributed by atoms with Crippen LogP contribution in [-0.4, -0.2) is 54.3 Å². The van der Waals surface area contributed by atoms with Crippen LogP contribution in [0, 0.1) is 0 Å². The molecule has 5 nitrogen and oxygen atoms in total. The van der Waals surface area contributed by atoms with Crippen LogP contribution in [0.15, 0.2) is 6.33 Å². The van der Waals surface area contributed by atoms with Gasteiger partial charge in [-0.1, -0.05) is 0 Å². The maximum Gasteiger partial charge on any atom is 0.132 e. The van der Waals surface area contributed by atoms with Crippen molar-refractivity contribution in [1.82, 2.24) is 14.9 Å². The molecule has 0 bridgehead atoms. The van der Waals surface area contributed by atoms with Gasteiger partial charge in [0.05, 0.1) is 13.2 Å². The number of nitrogens with zero attached hydrogens (tertiary/aromatic N) is 3. The molecule has 1 aliphatic carbocycles. The van der Waals surface area contributed by atoms with Gasteiger partial charge >= 0.3 is 0 Å². The number of aryl methyl sites for hydroxylation is 1. The van der Waals surface area contributed by atoms with Crippen LogP contribution in [0.2, 0.25) is 0 Å². The summed E-state index contributed by atoms with van der Waals surface area (Å²) in [5.74, 6) is 1.07. The molecule has 1 aromatic heterocycles. The van der Waals surface area contributed by atoms with Crippen LogP contribution in [0.4, 0.5) is 5.82 Å². The van der Waals surface area contributed by atoms with Crippen molar-refractivity contribution in [2.24, 2.45) is 0 Å². The predicted molar refractivity (Wildman–Crippen MR) is 79.0 cm³/mol. The first-order valence-corrected chi connectivity index (χ1v) is 7.80. The number of nitrogens with one attached hydrogen (secondary N) is 1. The molecule has 1 aromatic rings. The molecule has 1 aliphatic heterocycles. The van der Waals surface area contributed by atoms with Crippen LogP contribution >= 0.6 is 0 Å². The highest BCUT2D eigenvalue weighted by molar-refractivity contribution is 5.46. The lowest BCUT2D eigenvalue weighted by Gasteiger charge is -2.26. The third kappa shape index (κ3) is 3.46. The Labute approximate surface area is 120 Å². The summed E-state index contributed by atoms with van der Waals surface area (Å²) in [6.07, 6.45) is 7.62. The topological polar surface area (TPSA) is 50.3 Å². The zero-order chi connectivity index (χ0) is 13.6. The molecule has 5 heteroatoms. The maximum atomic E-state index is 5.36. The van der Waals surface area contributed by atoms with E-state index in [9.17, 15) is 0 Å². The zero-order valence-electron chi connectivity index (χ0n) is 12.1. The number of morpholine rings is 1. The molecule has 0 radical (unpaired) electrons. The summed E-state index contributed by atoms with van der Waals surface area (Å²) in [5.41, 5.74) is 2.60. The maximum absolute atomic E-state index is 5.36. The summed E-state index contributed by atoms with van der Waals surface area (Å²) in [4.78, 5) is 11.3. The Bertz CT molecular complexity index is 432. The van der Waals surface area contributed by atoms with Gasteiger partial charge in [0, 0.05) is 30.9 Å². The van der Waals surface area contributed by atoms with Gasteiger partial charge < -0.3 is 10.1 Å². The summed E-state index contributed by atoms with van der Waals surface area (Å²) in [7, 11) is 0. The van der Waals surface area contributed by atoms with E-state index in [-0.39, 0.29) is 0 Å². The fraction of sp³-hybridized carbons (Fsp3) is 0.733. The lowest BCUT2D eigenvalue weighted by Crippen LogP contribution is -2.37. The van der Waals surface area contributed by atoms with Gasteiger partial charge in [-0.15, -0.1) is 0 Å². The van der Waals surface area contributed by atoms with Crippen molar-refractivity contribution in [3.8, 4) is 0 Å². The number of hydrogen-bond acceptors (Lipinski definition) is 5. The van der Waals surface area contributed by atoms with E-state index in [1.165, 1.54) is 24.1 Å². The second-order valence-corrected chi connectivity index (χ2v) is 5.59. The Morgan fingerprint density at radius 1 is 1.15 bits per heavy atom. The molecule has 1 N–H and O–H groups in total. The smallest absolute Gasteiger partial charge is 0.132 e. The molecule has 0 atom stereocenters. The number of anilines is 1. The van der Waals surface area contributed by atoms with Crippen LogP contribution in [0.5, 0.6) is 0 Å². The number of rotatable bonds is 5. The SMILES string of the molecule is c1nc2c(c(NCCCN3CCOCC3)n1)CCCC2. The predicted octanol–water partition coefficient (Wildman–Crippen LogP) is 1.49. The minimum Gasteiger partial charge on any atom is -0.379 e. The van der Waals surface area contributed by atoms with Crippen LogP contribution in [0.3, 0.4) is 0 Å². The molecular formula is C15H24N4O. The molecule has 0 spiro atoms. The standard InChI is InChI=1S/C15H24N4O/c1-2-5-14-13(4-1)15(18-12-17-14)16-6-3-7-19-8-10-20-11-9-19/h12H,1-11H2,(H,16,17,18). The van der Waals surface area contributed by atoms with Crippen molar-refractivity contribution in [1.29, 1.82) is 0 Å². The molecule has 2 heterocycles. The van der Waals surface area contributed by atoms with E-state index < -0.39 is 0 Å². The molecule has 1 saturated heterocycles. The summed E-state index contributed by atoms with van der Waals surface area (Å²) < 4.78 is 5.36. The highest BCUT2D eigenvalue weighted by Gasteiger charge is 2.15. The third-order valence-corrected chi connectivity index (χ3v) is 4.17. The minimum atomic E-state index is 0.882. The summed E-state index contributed by atoms with van der Waals surface area (Å²) >= 11 is 0. The van der Waals surface area contributed by atoms with Crippen LogP contribution in [0.1, 0.15) is 30.5 Å². The van der Waals surface area contributed by atoms with Crippen molar-refractivity contribution in [3.05, 3.63) is 17.6 Å². The Balaban J connectivity index is 1.46. The molecule has 3 rings (SSSR count). The molecule has 2 aliphatic rings. The first kappa shape index (κ1) is 13.8. The second-order valence-electron chi connectivity index (χ2n) is 5.59. The van der Waals surface area contributed by atoms with Crippen molar-refractivity contribution >= 4 is 5.82 Å². The number of ether oxygens (including phenoxy) is 1. The van der Waals surface area contributed by atoms with Gasteiger partial charge in [-0.3, -0.25) is 4.90 Å². The molecule has 0 unspecified atom stereocenters. The fourth-order valence-electron chi connectivity index (χ4n) is 3.01. The highest BCUT2D eigenvalue weighted by atomic mass is 16.5. The molecule has 110 valence electrons. The van der Waals surface area contributed by atoms with Crippen LogP contribution < -0.4 is 5.32 Å². The lowest BCUT2D eigenvalue weighted by molar-refractivity contribution is 0.0378. The average Bonchev–Trinajstić information content (AvgIpc) is 2.53.